The van der Waals surface area contributed by atoms with Gasteiger partial charge < -0.3 is 9.47 Å². The lowest BCUT2D eigenvalue weighted by Gasteiger charge is -2.48. The number of esters is 1. The molecule has 9 heteroatoms. The number of sulfone groups is 1. The maximum absolute atomic E-state index is 12.5. The van der Waals surface area contributed by atoms with Crippen LogP contribution in [0.3, 0.4) is 0 Å². The topological polar surface area (TPSA) is 90.0 Å². The van der Waals surface area contributed by atoms with Gasteiger partial charge in [-0.2, -0.15) is 0 Å². The highest BCUT2D eigenvalue weighted by Crippen LogP contribution is 2.43. The smallest absolute Gasteiger partial charge is 0.355 e. The fourth-order valence-electron chi connectivity index (χ4n) is 2.73. The van der Waals surface area contributed by atoms with Gasteiger partial charge in [0.1, 0.15) is 5.70 Å². The summed E-state index contributed by atoms with van der Waals surface area (Å²) in [5.41, 5.74) is -0.0236. The van der Waals surface area contributed by atoms with Crippen LogP contribution in [0.25, 0.3) is 0 Å². The fourth-order valence-corrected chi connectivity index (χ4v) is 6.12. The summed E-state index contributed by atoms with van der Waals surface area (Å²) in [5, 5.41) is -1.18. The monoisotopic (exact) mass is 369 g/mol. The van der Waals surface area contributed by atoms with Gasteiger partial charge in [0.15, 0.2) is 21.3 Å². The summed E-state index contributed by atoms with van der Waals surface area (Å²) in [6, 6.07) is 9.02. The van der Waals surface area contributed by atoms with Gasteiger partial charge in [0, 0.05) is 16.9 Å². The average Bonchev–Trinajstić information content (AvgIpc) is 2.55. The number of nitrogens with zero attached hydrogens (tertiary/aromatic N) is 1. The van der Waals surface area contributed by atoms with Crippen molar-refractivity contribution in [3.05, 3.63) is 40.9 Å². The van der Waals surface area contributed by atoms with E-state index < -0.39 is 33.2 Å². The molecule has 24 heavy (non-hydrogen) atoms. The van der Waals surface area contributed by atoms with Gasteiger partial charge in [0.05, 0.1) is 12.9 Å². The van der Waals surface area contributed by atoms with E-state index in [2.05, 4.69) is 0 Å². The van der Waals surface area contributed by atoms with E-state index in [0.29, 0.717) is 0 Å². The van der Waals surface area contributed by atoms with Crippen molar-refractivity contribution >= 4 is 33.5 Å². The molecule has 0 N–H and O–H groups in total. The number of amides is 1. The van der Waals surface area contributed by atoms with Crippen LogP contribution in [0.4, 0.5) is 0 Å². The lowest BCUT2D eigenvalue weighted by atomic mass is 10.1. The molecule has 1 saturated heterocycles. The first kappa shape index (κ1) is 17.0. The Balaban J connectivity index is 2.08. The Labute approximate surface area is 143 Å². The Hall–Kier alpha value is -1.84. The zero-order valence-electron chi connectivity index (χ0n) is 13.0. The summed E-state index contributed by atoms with van der Waals surface area (Å²) >= 11 is 1.13. The molecule has 128 valence electrons. The second-order valence-corrected chi connectivity index (χ2v) is 8.51. The van der Waals surface area contributed by atoms with E-state index in [1.54, 1.807) is 24.3 Å². The third-order valence-electron chi connectivity index (χ3n) is 3.82. The number of β-lactam (4-membered cyclic amide) rings is 1. The zero-order valence-corrected chi connectivity index (χ0v) is 14.6. The molecule has 2 heterocycles. The number of hydrogen-bond acceptors (Lipinski definition) is 7. The van der Waals surface area contributed by atoms with Gasteiger partial charge in [-0.1, -0.05) is 30.0 Å². The molecule has 1 fully saturated rings. The minimum atomic E-state index is -3.67. The Bertz CT molecular complexity index is 818. The molecular weight excluding hydrogens is 354 g/mol. The molecule has 2 atom stereocenters. The number of thioether (sulfide) groups is 1. The predicted octanol–water partition coefficient (Wildman–Crippen LogP) is 0.775. The molecule has 0 saturated carbocycles. The molecule has 7 nitrogen and oxygen atoms in total. The van der Waals surface area contributed by atoms with Crippen molar-refractivity contribution in [3.8, 4) is 0 Å². The van der Waals surface area contributed by atoms with Crippen LogP contribution in [0.15, 0.2) is 45.8 Å². The van der Waals surface area contributed by atoms with Crippen molar-refractivity contribution in [2.45, 2.75) is 16.4 Å². The molecule has 1 aromatic rings. The number of carbonyl (C=O) groups excluding carboxylic acids is 2. The molecule has 2 aliphatic rings. The third kappa shape index (κ3) is 2.62. The van der Waals surface area contributed by atoms with Crippen molar-refractivity contribution in [1.29, 1.82) is 0 Å². The number of methoxy groups -OCH3 is 2. The summed E-state index contributed by atoms with van der Waals surface area (Å²) in [6.07, 6.45) is -1.09. The highest BCUT2D eigenvalue weighted by molar-refractivity contribution is 8.04. The van der Waals surface area contributed by atoms with E-state index in [4.69, 9.17) is 9.47 Å². The van der Waals surface area contributed by atoms with E-state index >= 15 is 0 Å². The standard InChI is InChI=1S/C15H15NO6S2/c1-21-12-13(17)16-11(15(18)22-2)10(8-24(19,20)14(12)16)23-9-6-4-3-5-7-9/h3-7,12,14H,8H2,1-2H3/t12-,14?/m1/s1. The first-order chi connectivity index (χ1) is 11.4. The molecule has 0 spiro atoms. The van der Waals surface area contributed by atoms with Crippen LogP contribution in [0.1, 0.15) is 0 Å². The van der Waals surface area contributed by atoms with E-state index in [1.165, 1.54) is 14.2 Å². The second-order valence-electron chi connectivity index (χ2n) is 5.24. The molecule has 0 aromatic heterocycles. The van der Waals surface area contributed by atoms with Gasteiger partial charge in [0.2, 0.25) is 0 Å². The molecule has 1 amide bonds. The highest BCUT2D eigenvalue weighted by atomic mass is 32.2. The van der Waals surface area contributed by atoms with E-state index in [-0.39, 0.29) is 16.4 Å². The molecule has 0 bridgehead atoms. The fraction of sp³-hybridized carbons (Fsp3) is 0.333. The SMILES string of the molecule is COC(=O)C1=C(Sc2ccccc2)CS(=O)(=O)C2[C@H](OC)C(=O)N12. The second kappa shape index (κ2) is 6.23. The number of rotatable bonds is 4. The van der Waals surface area contributed by atoms with Crippen LogP contribution in [0.5, 0.6) is 0 Å². The quantitative estimate of drug-likeness (QED) is 0.572. The molecule has 1 unspecified atom stereocenters. The lowest BCUT2D eigenvalue weighted by molar-refractivity contribution is -0.163. The number of hydrogen-bond donors (Lipinski definition) is 0. The molecular formula is C15H15NO6S2. The molecule has 1 aromatic carbocycles. The van der Waals surface area contributed by atoms with E-state index in [0.717, 1.165) is 21.6 Å². The van der Waals surface area contributed by atoms with Gasteiger partial charge in [-0.05, 0) is 12.1 Å². The molecule has 0 radical (unpaired) electrons. The van der Waals surface area contributed by atoms with Crippen LogP contribution in [-0.2, 0) is 28.9 Å². The maximum atomic E-state index is 12.5. The van der Waals surface area contributed by atoms with Crippen LogP contribution in [-0.4, -0.2) is 56.6 Å². The van der Waals surface area contributed by atoms with E-state index in [9.17, 15) is 18.0 Å². The van der Waals surface area contributed by atoms with Crippen molar-refractivity contribution in [3.63, 3.8) is 0 Å². The maximum Gasteiger partial charge on any atom is 0.355 e. The van der Waals surface area contributed by atoms with Gasteiger partial charge >= 0.3 is 5.97 Å². The number of carbonyl (C=O) groups is 2. The predicted molar refractivity (Wildman–Crippen MR) is 86.6 cm³/mol. The highest BCUT2D eigenvalue weighted by Gasteiger charge is 2.60. The number of ether oxygens (including phenoxy) is 2. The van der Waals surface area contributed by atoms with E-state index in [1.807, 2.05) is 6.07 Å². The van der Waals surface area contributed by atoms with Crippen molar-refractivity contribution in [1.82, 2.24) is 4.90 Å². The van der Waals surface area contributed by atoms with Crippen LogP contribution in [0.2, 0.25) is 0 Å². The van der Waals surface area contributed by atoms with Crippen LogP contribution < -0.4 is 0 Å². The minimum Gasteiger partial charge on any atom is -0.464 e. The molecule has 2 aliphatic heterocycles. The Morgan fingerprint density at radius 3 is 2.50 bits per heavy atom. The van der Waals surface area contributed by atoms with Gasteiger partial charge in [-0.15, -0.1) is 0 Å². The Morgan fingerprint density at radius 2 is 1.92 bits per heavy atom. The first-order valence-electron chi connectivity index (χ1n) is 7.02. The third-order valence-corrected chi connectivity index (χ3v) is 6.98. The van der Waals surface area contributed by atoms with Gasteiger partial charge in [0.25, 0.3) is 5.91 Å². The molecule has 3 rings (SSSR count). The normalized spacial score (nSPS) is 25.1. The minimum absolute atomic E-state index is 0.0236. The average molecular weight is 369 g/mol. The summed E-state index contributed by atoms with van der Waals surface area (Å²) in [6.45, 7) is 0. The van der Waals surface area contributed by atoms with Gasteiger partial charge in [-0.3, -0.25) is 9.69 Å². The van der Waals surface area contributed by atoms with Crippen LogP contribution in [0, 0.1) is 0 Å². The largest absolute Gasteiger partial charge is 0.464 e. The summed E-state index contributed by atoms with van der Waals surface area (Å²) in [7, 11) is -1.21. The van der Waals surface area contributed by atoms with Crippen molar-refractivity contribution < 1.29 is 27.5 Å². The Morgan fingerprint density at radius 1 is 1.25 bits per heavy atom. The van der Waals surface area contributed by atoms with Crippen molar-refractivity contribution in [2.75, 3.05) is 20.0 Å². The first-order valence-corrected chi connectivity index (χ1v) is 9.55. The Kier molecular flexibility index (Phi) is 4.41. The molecule has 0 aliphatic carbocycles. The summed E-state index contributed by atoms with van der Waals surface area (Å²) < 4.78 is 34.8. The summed E-state index contributed by atoms with van der Waals surface area (Å²) in [4.78, 5) is 26.4. The number of fused-ring (bicyclic) bond motifs is 1. The van der Waals surface area contributed by atoms with Crippen molar-refractivity contribution in [2.24, 2.45) is 0 Å². The zero-order chi connectivity index (χ0) is 17.5. The van der Waals surface area contributed by atoms with Crippen LogP contribution >= 0.6 is 11.8 Å². The lowest BCUT2D eigenvalue weighted by Crippen LogP contribution is -2.70. The summed E-state index contributed by atoms with van der Waals surface area (Å²) in [5.74, 6) is -1.64. The van der Waals surface area contributed by atoms with Gasteiger partial charge in [-0.25, -0.2) is 13.2 Å². The number of benzene rings is 1.